The van der Waals surface area contributed by atoms with Crippen molar-refractivity contribution in [3.63, 3.8) is 0 Å². The van der Waals surface area contributed by atoms with E-state index >= 15 is 0 Å². The Morgan fingerprint density at radius 3 is 2.80 bits per heavy atom. The molecule has 0 unspecified atom stereocenters. The molecule has 15 heavy (non-hydrogen) atoms. The molecule has 0 aliphatic heterocycles. The maximum absolute atomic E-state index is 11.8. The molecule has 5 nitrogen and oxygen atoms in total. The molecule has 0 atom stereocenters. The summed E-state index contributed by atoms with van der Waals surface area (Å²) in [6, 6.07) is 0. The third-order valence-corrected chi connectivity index (χ3v) is 1.93. The van der Waals surface area contributed by atoms with E-state index in [9.17, 15) is 4.79 Å². The molecule has 1 N–H and O–H groups in total. The summed E-state index contributed by atoms with van der Waals surface area (Å²) in [7, 11) is 0. The lowest BCUT2D eigenvalue weighted by Crippen LogP contribution is -2.34. The fourth-order valence-corrected chi connectivity index (χ4v) is 1.28. The van der Waals surface area contributed by atoms with E-state index in [4.69, 9.17) is 5.11 Å². The molecule has 0 aliphatic carbocycles. The van der Waals surface area contributed by atoms with E-state index in [1.54, 1.807) is 4.90 Å². The van der Waals surface area contributed by atoms with Crippen LogP contribution in [0.5, 0.6) is 0 Å². The molecule has 0 saturated carbocycles. The van der Waals surface area contributed by atoms with Gasteiger partial charge < -0.3 is 10.0 Å². The molecule has 1 aromatic heterocycles. The van der Waals surface area contributed by atoms with Crippen molar-refractivity contribution in [2.24, 2.45) is 0 Å². The Morgan fingerprint density at radius 2 is 2.27 bits per heavy atom. The van der Waals surface area contributed by atoms with E-state index in [1.807, 2.05) is 6.92 Å². The van der Waals surface area contributed by atoms with Gasteiger partial charge in [0.1, 0.15) is 5.69 Å². The van der Waals surface area contributed by atoms with Crippen LogP contribution in [0.1, 0.15) is 23.8 Å². The van der Waals surface area contributed by atoms with E-state index in [0.717, 1.165) is 6.42 Å². The summed E-state index contributed by atoms with van der Waals surface area (Å²) in [5, 5.41) is 8.83. The van der Waals surface area contributed by atoms with Gasteiger partial charge in [0.15, 0.2) is 0 Å². The molecule has 0 bridgehead atoms. The van der Waals surface area contributed by atoms with Crippen molar-refractivity contribution in [2.75, 3.05) is 19.7 Å². The van der Waals surface area contributed by atoms with Gasteiger partial charge in [0.25, 0.3) is 5.91 Å². The molecular weight excluding hydrogens is 194 g/mol. The van der Waals surface area contributed by atoms with Gasteiger partial charge in [0, 0.05) is 25.5 Å². The third-order valence-electron chi connectivity index (χ3n) is 1.93. The van der Waals surface area contributed by atoms with Crippen LogP contribution in [0.4, 0.5) is 0 Å². The predicted octanol–water partition coefficient (Wildman–Crippen LogP) is 0.321. The van der Waals surface area contributed by atoms with E-state index < -0.39 is 0 Å². The highest BCUT2D eigenvalue weighted by atomic mass is 16.3. The van der Waals surface area contributed by atoms with E-state index in [1.165, 1.54) is 18.6 Å². The van der Waals surface area contributed by atoms with Crippen LogP contribution in [0.3, 0.4) is 0 Å². The first-order chi connectivity index (χ1) is 7.29. The van der Waals surface area contributed by atoms with E-state index in [0.29, 0.717) is 18.8 Å². The maximum atomic E-state index is 11.8. The largest absolute Gasteiger partial charge is 0.395 e. The van der Waals surface area contributed by atoms with Crippen LogP contribution in [0.15, 0.2) is 18.6 Å². The highest BCUT2D eigenvalue weighted by Gasteiger charge is 2.15. The van der Waals surface area contributed by atoms with Crippen molar-refractivity contribution >= 4 is 5.91 Å². The number of hydrogen-bond donors (Lipinski definition) is 1. The SMILES string of the molecule is CCCN(CCO)C(=O)c1cnccn1. The van der Waals surface area contributed by atoms with Crippen molar-refractivity contribution in [3.8, 4) is 0 Å². The smallest absolute Gasteiger partial charge is 0.274 e. The van der Waals surface area contributed by atoms with Crippen LogP contribution in [-0.2, 0) is 0 Å². The second-order valence-electron chi connectivity index (χ2n) is 3.11. The lowest BCUT2D eigenvalue weighted by molar-refractivity contribution is 0.0715. The average molecular weight is 209 g/mol. The van der Waals surface area contributed by atoms with Gasteiger partial charge >= 0.3 is 0 Å². The number of rotatable bonds is 5. The summed E-state index contributed by atoms with van der Waals surface area (Å²) in [5.41, 5.74) is 0.319. The first-order valence-electron chi connectivity index (χ1n) is 4.95. The molecule has 0 aliphatic rings. The molecule has 1 heterocycles. The number of carbonyl (C=O) groups excluding carboxylic acids is 1. The number of aliphatic hydroxyl groups excluding tert-OH is 1. The van der Waals surface area contributed by atoms with Crippen LogP contribution in [0, 0.1) is 0 Å². The van der Waals surface area contributed by atoms with Crippen LogP contribution in [-0.4, -0.2) is 45.6 Å². The number of nitrogens with zero attached hydrogens (tertiary/aromatic N) is 3. The summed E-state index contributed by atoms with van der Waals surface area (Å²) >= 11 is 0. The molecule has 1 aromatic rings. The monoisotopic (exact) mass is 209 g/mol. The van der Waals surface area contributed by atoms with Crippen molar-refractivity contribution < 1.29 is 9.90 Å². The predicted molar refractivity (Wildman–Crippen MR) is 55.3 cm³/mol. The highest BCUT2D eigenvalue weighted by molar-refractivity contribution is 5.91. The third kappa shape index (κ3) is 3.28. The molecular formula is C10H15N3O2. The number of hydrogen-bond acceptors (Lipinski definition) is 4. The summed E-state index contributed by atoms with van der Waals surface area (Å²) in [4.78, 5) is 21.2. The highest BCUT2D eigenvalue weighted by Crippen LogP contribution is 2.00. The van der Waals surface area contributed by atoms with Crippen molar-refractivity contribution in [1.82, 2.24) is 14.9 Å². The van der Waals surface area contributed by atoms with Gasteiger partial charge in [-0.3, -0.25) is 9.78 Å². The Labute approximate surface area is 88.8 Å². The quantitative estimate of drug-likeness (QED) is 0.758. The molecule has 0 fully saturated rings. The van der Waals surface area contributed by atoms with E-state index in [-0.39, 0.29) is 12.5 Å². The second kappa shape index (κ2) is 6.08. The van der Waals surface area contributed by atoms with Gasteiger partial charge in [-0.05, 0) is 6.42 Å². The Morgan fingerprint density at radius 1 is 1.47 bits per heavy atom. The molecule has 0 saturated heterocycles. The van der Waals surface area contributed by atoms with Crippen LogP contribution >= 0.6 is 0 Å². The number of carbonyl (C=O) groups is 1. The van der Waals surface area contributed by atoms with Gasteiger partial charge in [-0.15, -0.1) is 0 Å². The molecule has 0 radical (unpaired) electrons. The minimum Gasteiger partial charge on any atom is -0.395 e. The Hall–Kier alpha value is -1.49. The number of amides is 1. The molecule has 5 heteroatoms. The number of aromatic nitrogens is 2. The first-order valence-corrected chi connectivity index (χ1v) is 4.95. The summed E-state index contributed by atoms with van der Waals surface area (Å²) in [5.74, 6) is -0.181. The second-order valence-corrected chi connectivity index (χ2v) is 3.11. The lowest BCUT2D eigenvalue weighted by atomic mass is 10.3. The summed E-state index contributed by atoms with van der Waals surface area (Å²) in [6.45, 7) is 2.90. The summed E-state index contributed by atoms with van der Waals surface area (Å²) in [6.07, 6.45) is 5.29. The van der Waals surface area contributed by atoms with Gasteiger partial charge in [0.2, 0.25) is 0 Å². The zero-order valence-corrected chi connectivity index (χ0v) is 8.76. The van der Waals surface area contributed by atoms with Crippen molar-refractivity contribution in [2.45, 2.75) is 13.3 Å². The Kier molecular flexibility index (Phi) is 4.70. The molecule has 0 spiro atoms. The molecule has 1 amide bonds. The zero-order chi connectivity index (χ0) is 11.1. The minimum absolute atomic E-state index is 0.0357. The summed E-state index contributed by atoms with van der Waals surface area (Å²) < 4.78 is 0. The normalized spacial score (nSPS) is 10.0. The van der Waals surface area contributed by atoms with Gasteiger partial charge in [-0.25, -0.2) is 4.98 Å². The number of aliphatic hydroxyl groups is 1. The Bertz CT molecular complexity index is 297. The maximum Gasteiger partial charge on any atom is 0.274 e. The fourth-order valence-electron chi connectivity index (χ4n) is 1.28. The standard InChI is InChI=1S/C10H15N3O2/c1-2-5-13(6-7-14)10(15)9-8-11-3-4-12-9/h3-4,8,14H,2,5-7H2,1H3. The minimum atomic E-state index is -0.181. The molecule has 1 rings (SSSR count). The van der Waals surface area contributed by atoms with Crippen molar-refractivity contribution in [1.29, 1.82) is 0 Å². The molecule has 82 valence electrons. The van der Waals surface area contributed by atoms with Crippen LogP contribution in [0.25, 0.3) is 0 Å². The average Bonchev–Trinajstić information content (AvgIpc) is 2.29. The van der Waals surface area contributed by atoms with Gasteiger partial charge in [0.05, 0.1) is 12.8 Å². The van der Waals surface area contributed by atoms with Crippen LogP contribution < -0.4 is 0 Å². The Balaban J connectivity index is 2.71. The van der Waals surface area contributed by atoms with E-state index in [2.05, 4.69) is 9.97 Å². The van der Waals surface area contributed by atoms with Gasteiger partial charge in [-0.1, -0.05) is 6.92 Å². The van der Waals surface area contributed by atoms with Gasteiger partial charge in [-0.2, -0.15) is 0 Å². The topological polar surface area (TPSA) is 66.3 Å². The lowest BCUT2D eigenvalue weighted by Gasteiger charge is -2.20. The zero-order valence-electron chi connectivity index (χ0n) is 8.76. The van der Waals surface area contributed by atoms with Crippen molar-refractivity contribution in [3.05, 3.63) is 24.3 Å². The molecule has 0 aromatic carbocycles. The van der Waals surface area contributed by atoms with Crippen LogP contribution in [0.2, 0.25) is 0 Å². The first kappa shape index (κ1) is 11.6. The fraction of sp³-hybridized carbons (Fsp3) is 0.500.